The summed E-state index contributed by atoms with van der Waals surface area (Å²) in [4.78, 5) is 2.41. The zero-order chi connectivity index (χ0) is 13.0. The van der Waals surface area contributed by atoms with Gasteiger partial charge < -0.3 is 10.2 Å². The van der Waals surface area contributed by atoms with Gasteiger partial charge in [0, 0.05) is 36.4 Å². The van der Waals surface area contributed by atoms with Crippen molar-refractivity contribution in [2.24, 2.45) is 0 Å². The highest BCUT2D eigenvalue weighted by atomic mass is 35.5. The van der Waals surface area contributed by atoms with Gasteiger partial charge in [0.1, 0.15) is 0 Å². The van der Waals surface area contributed by atoms with E-state index in [1.165, 1.54) is 24.1 Å². The summed E-state index contributed by atoms with van der Waals surface area (Å²) in [5.74, 6) is 0. The third-order valence-corrected chi connectivity index (χ3v) is 3.66. The van der Waals surface area contributed by atoms with Crippen LogP contribution in [0.5, 0.6) is 0 Å². The molecule has 1 aromatic rings. The molecule has 0 unspecified atom stereocenters. The highest BCUT2D eigenvalue weighted by Crippen LogP contribution is 2.27. The molecule has 1 N–H and O–H groups in total. The van der Waals surface area contributed by atoms with Gasteiger partial charge in [-0.1, -0.05) is 24.6 Å². The Hall–Kier alpha value is -0.730. The van der Waals surface area contributed by atoms with Gasteiger partial charge in [-0.15, -0.1) is 0 Å². The summed E-state index contributed by atoms with van der Waals surface area (Å²) < 4.78 is 0. The normalized spacial score (nSPS) is 14.8. The molecule has 2 rings (SSSR count). The highest BCUT2D eigenvalue weighted by molar-refractivity contribution is 6.30. The summed E-state index contributed by atoms with van der Waals surface area (Å²) in [6, 6.07) is 7.00. The molecule has 0 amide bonds. The molecule has 0 heterocycles. The molecule has 0 aliphatic heterocycles. The van der Waals surface area contributed by atoms with Crippen LogP contribution in [0.3, 0.4) is 0 Å². The Balaban J connectivity index is 2.14. The molecule has 3 heteroatoms. The highest BCUT2D eigenvalue weighted by Gasteiger charge is 2.21. The summed E-state index contributed by atoms with van der Waals surface area (Å²) >= 11 is 6.15. The van der Waals surface area contributed by atoms with Crippen LogP contribution in [0.15, 0.2) is 18.2 Å². The van der Waals surface area contributed by atoms with Crippen molar-refractivity contribution in [1.29, 1.82) is 0 Å². The van der Waals surface area contributed by atoms with Crippen molar-refractivity contribution in [1.82, 2.24) is 5.32 Å². The van der Waals surface area contributed by atoms with Crippen LogP contribution in [0.1, 0.15) is 38.7 Å². The largest absolute Gasteiger partial charge is 0.372 e. The SMILES string of the molecule is CCCN(CC)c1cc(Cl)ccc1CNC1CC1. The van der Waals surface area contributed by atoms with Crippen LogP contribution in [0.2, 0.25) is 5.02 Å². The van der Waals surface area contributed by atoms with E-state index in [4.69, 9.17) is 11.6 Å². The molecule has 0 saturated heterocycles. The van der Waals surface area contributed by atoms with Gasteiger partial charge >= 0.3 is 0 Å². The van der Waals surface area contributed by atoms with Crippen LogP contribution in [-0.2, 0) is 6.54 Å². The van der Waals surface area contributed by atoms with Crippen LogP contribution < -0.4 is 10.2 Å². The number of nitrogens with one attached hydrogen (secondary N) is 1. The average molecular weight is 267 g/mol. The molecule has 1 saturated carbocycles. The molecule has 18 heavy (non-hydrogen) atoms. The maximum Gasteiger partial charge on any atom is 0.0426 e. The molecule has 1 aromatic carbocycles. The lowest BCUT2D eigenvalue weighted by Gasteiger charge is -2.25. The number of halogens is 1. The molecule has 0 bridgehead atoms. The van der Waals surface area contributed by atoms with E-state index in [0.29, 0.717) is 0 Å². The zero-order valence-electron chi connectivity index (χ0n) is 11.4. The first-order valence-electron chi connectivity index (χ1n) is 7.01. The smallest absolute Gasteiger partial charge is 0.0426 e. The van der Waals surface area contributed by atoms with Gasteiger partial charge in [-0.3, -0.25) is 0 Å². The van der Waals surface area contributed by atoms with Crippen molar-refractivity contribution >= 4 is 17.3 Å². The van der Waals surface area contributed by atoms with Crippen LogP contribution in [0.4, 0.5) is 5.69 Å². The van der Waals surface area contributed by atoms with Crippen molar-refractivity contribution in [2.45, 2.75) is 45.7 Å². The van der Waals surface area contributed by atoms with Gasteiger partial charge in [0.25, 0.3) is 0 Å². The van der Waals surface area contributed by atoms with Crippen LogP contribution in [0.25, 0.3) is 0 Å². The maximum atomic E-state index is 6.15. The van der Waals surface area contributed by atoms with Gasteiger partial charge in [0.2, 0.25) is 0 Å². The van der Waals surface area contributed by atoms with E-state index >= 15 is 0 Å². The topological polar surface area (TPSA) is 15.3 Å². The lowest BCUT2D eigenvalue weighted by molar-refractivity contribution is 0.682. The molecule has 2 nitrogen and oxygen atoms in total. The van der Waals surface area contributed by atoms with Gasteiger partial charge in [0.15, 0.2) is 0 Å². The first kappa shape index (κ1) is 13.7. The molecular weight excluding hydrogens is 244 g/mol. The van der Waals surface area contributed by atoms with Crippen LogP contribution in [-0.4, -0.2) is 19.1 Å². The van der Waals surface area contributed by atoms with Crippen molar-refractivity contribution in [3.8, 4) is 0 Å². The summed E-state index contributed by atoms with van der Waals surface area (Å²) in [6.07, 6.45) is 3.82. The number of hydrogen-bond acceptors (Lipinski definition) is 2. The molecule has 0 spiro atoms. The second kappa shape index (κ2) is 6.44. The Labute approximate surface area is 115 Å². The van der Waals surface area contributed by atoms with E-state index in [2.05, 4.69) is 36.2 Å². The van der Waals surface area contributed by atoms with Gasteiger partial charge in [-0.05, 0) is 43.9 Å². The molecule has 100 valence electrons. The van der Waals surface area contributed by atoms with E-state index in [1.807, 2.05) is 6.07 Å². The zero-order valence-corrected chi connectivity index (χ0v) is 12.1. The maximum absolute atomic E-state index is 6.15. The number of anilines is 1. The second-order valence-corrected chi connectivity index (χ2v) is 5.44. The fraction of sp³-hybridized carbons (Fsp3) is 0.600. The predicted molar refractivity (Wildman–Crippen MR) is 79.5 cm³/mol. The summed E-state index contributed by atoms with van der Waals surface area (Å²) in [6.45, 7) is 7.50. The number of benzene rings is 1. The third kappa shape index (κ3) is 3.63. The molecule has 1 aliphatic rings. The first-order valence-corrected chi connectivity index (χ1v) is 7.39. The fourth-order valence-corrected chi connectivity index (χ4v) is 2.41. The molecule has 1 fully saturated rings. The van der Waals surface area contributed by atoms with E-state index < -0.39 is 0 Å². The fourth-order valence-electron chi connectivity index (χ4n) is 2.24. The minimum Gasteiger partial charge on any atom is -0.372 e. The number of nitrogens with zero attached hydrogens (tertiary/aromatic N) is 1. The van der Waals surface area contributed by atoms with Crippen molar-refractivity contribution in [3.63, 3.8) is 0 Å². The Morgan fingerprint density at radius 3 is 2.72 bits per heavy atom. The summed E-state index contributed by atoms with van der Waals surface area (Å²) in [5.41, 5.74) is 2.65. The monoisotopic (exact) mass is 266 g/mol. The summed E-state index contributed by atoms with van der Waals surface area (Å²) in [7, 11) is 0. The van der Waals surface area contributed by atoms with Crippen LogP contribution in [0, 0.1) is 0 Å². The first-order chi connectivity index (χ1) is 8.74. The van der Waals surface area contributed by atoms with Crippen molar-refractivity contribution < 1.29 is 0 Å². The Morgan fingerprint density at radius 2 is 2.11 bits per heavy atom. The Kier molecular flexibility index (Phi) is 4.90. The molecule has 0 radical (unpaired) electrons. The van der Waals surface area contributed by atoms with Crippen LogP contribution >= 0.6 is 11.6 Å². The van der Waals surface area contributed by atoms with E-state index in [0.717, 1.165) is 37.1 Å². The van der Waals surface area contributed by atoms with E-state index in [-0.39, 0.29) is 0 Å². The van der Waals surface area contributed by atoms with Crippen molar-refractivity contribution in [2.75, 3.05) is 18.0 Å². The molecule has 0 atom stereocenters. The molecule has 1 aliphatic carbocycles. The Morgan fingerprint density at radius 1 is 1.33 bits per heavy atom. The van der Waals surface area contributed by atoms with Gasteiger partial charge in [-0.25, -0.2) is 0 Å². The quantitative estimate of drug-likeness (QED) is 0.807. The average Bonchev–Trinajstić information content (AvgIpc) is 3.18. The lowest BCUT2D eigenvalue weighted by Crippen LogP contribution is -2.26. The van der Waals surface area contributed by atoms with E-state index in [1.54, 1.807) is 0 Å². The van der Waals surface area contributed by atoms with Gasteiger partial charge in [-0.2, -0.15) is 0 Å². The van der Waals surface area contributed by atoms with Crippen molar-refractivity contribution in [3.05, 3.63) is 28.8 Å². The minimum atomic E-state index is 0.745. The van der Waals surface area contributed by atoms with Gasteiger partial charge in [0.05, 0.1) is 0 Å². The predicted octanol–water partition coefficient (Wildman–Crippen LogP) is 3.83. The lowest BCUT2D eigenvalue weighted by atomic mass is 10.1. The third-order valence-electron chi connectivity index (χ3n) is 3.42. The second-order valence-electron chi connectivity index (χ2n) is 5.01. The Bertz CT molecular complexity index is 388. The number of rotatable bonds is 7. The molecule has 0 aromatic heterocycles. The summed E-state index contributed by atoms with van der Waals surface area (Å²) in [5, 5.41) is 4.41. The standard InChI is InChI=1S/C15H23ClN2/c1-3-9-18(4-2)15-10-13(16)6-5-12(15)11-17-14-7-8-14/h5-6,10,14,17H,3-4,7-9,11H2,1-2H3. The van der Waals surface area contributed by atoms with E-state index in [9.17, 15) is 0 Å². The molecular formula is C15H23ClN2. The number of hydrogen-bond donors (Lipinski definition) is 1. The minimum absolute atomic E-state index is 0.745.